The van der Waals surface area contributed by atoms with Crippen molar-refractivity contribution in [3.8, 4) is 0 Å². The van der Waals surface area contributed by atoms with E-state index in [1.807, 2.05) is 48.5 Å². The van der Waals surface area contributed by atoms with Crippen LogP contribution in [0.15, 0.2) is 102 Å². The van der Waals surface area contributed by atoms with Crippen molar-refractivity contribution < 1.29 is 4.42 Å². The molecule has 2 heterocycles. The maximum atomic E-state index is 5.89. The first-order chi connectivity index (χ1) is 13.3. The van der Waals surface area contributed by atoms with Crippen LogP contribution in [-0.4, -0.2) is 4.98 Å². The van der Waals surface area contributed by atoms with Crippen molar-refractivity contribution in [1.82, 2.24) is 4.98 Å². The second kappa shape index (κ2) is 7.62. The maximum absolute atomic E-state index is 5.89. The van der Waals surface area contributed by atoms with E-state index in [4.69, 9.17) is 10.2 Å². The number of hydrogen-bond acceptors (Lipinski definition) is 4. The summed E-state index contributed by atoms with van der Waals surface area (Å²) >= 11 is 0. The van der Waals surface area contributed by atoms with Crippen molar-refractivity contribution in [1.29, 1.82) is 0 Å². The highest BCUT2D eigenvalue weighted by molar-refractivity contribution is 6.11. The lowest BCUT2D eigenvalue weighted by atomic mass is 10.1. The average molecular weight is 353 g/mol. The first kappa shape index (κ1) is 16.7. The fourth-order valence-corrected chi connectivity index (χ4v) is 2.92. The largest absolute Gasteiger partial charge is 0.456 e. The molecular formula is C23H19N3O. The topological polar surface area (TPSA) is 64.1 Å². The van der Waals surface area contributed by atoms with Gasteiger partial charge in [0.1, 0.15) is 11.2 Å². The van der Waals surface area contributed by atoms with Crippen LogP contribution in [0.1, 0.15) is 0 Å². The van der Waals surface area contributed by atoms with Crippen LogP contribution >= 0.6 is 0 Å². The molecule has 0 radical (unpaired) electrons. The Kier molecular flexibility index (Phi) is 4.70. The lowest BCUT2D eigenvalue weighted by Crippen LogP contribution is -1.89. The number of pyridine rings is 1. The number of aromatic nitrogens is 1. The van der Waals surface area contributed by atoms with E-state index >= 15 is 0 Å². The van der Waals surface area contributed by atoms with E-state index < -0.39 is 0 Å². The number of nitrogens with zero attached hydrogens (tertiary/aromatic N) is 1. The van der Waals surface area contributed by atoms with Crippen LogP contribution in [0.2, 0.25) is 0 Å². The van der Waals surface area contributed by atoms with Gasteiger partial charge in [0.2, 0.25) is 0 Å². The zero-order valence-electron chi connectivity index (χ0n) is 14.7. The van der Waals surface area contributed by atoms with E-state index in [0.717, 1.165) is 39.0 Å². The van der Waals surface area contributed by atoms with Gasteiger partial charge in [-0.1, -0.05) is 42.5 Å². The molecule has 0 aliphatic heterocycles. The van der Waals surface area contributed by atoms with Crippen LogP contribution in [0.5, 0.6) is 0 Å². The van der Waals surface area contributed by atoms with Crippen LogP contribution in [0, 0.1) is 0 Å². The van der Waals surface area contributed by atoms with Crippen molar-refractivity contribution in [2.75, 3.05) is 11.1 Å². The van der Waals surface area contributed by atoms with Gasteiger partial charge in [-0.25, -0.2) is 0 Å². The molecule has 5 rings (SSSR count). The lowest BCUT2D eigenvalue weighted by Gasteiger charge is -2.07. The summed E-state index contributed by atoms with van der Waals surface area (Å²) in [6.45, 7) is 0. The summed E-state index contributed by atoms with van der Waals surface area (Å²) in [6, 6.07) is 27.9. The third-order valence-electron chi connectivity index (χ3n) is 4.16. The third kappa shape index (κ3) is 3.75. The van der Waals surface area contributed by atoms with Gasteiger partial charge in [-0.3, -0.25) is 4.98 Å². The molecule has 4 nitrogen and oxygen atoms in total. The van der Waals surface area contributed by atoms with Crippen molar-refractivity contribution in [3.05, 3.63) is 97.3 Å². The van der Waals surface area contributed by atoms with Gasteiger partial charge >= 0.3 is 0 Å². The van der Waals surface area contributed by atoms with E-state index in [2.05, 4.69) is 34.6 Å². The molecule has 0 spiro atoms. The van der Waals surface area contributed by atoms with Crippen molar-refractivity contribution in [2.24, 2.45) is 0 Å². The predicted octanol–water partition coefficient (Wildman–Crippen LogP) is 5.99. The predicted molar refractivity (Wildman–Crippen MR) is 112 cm³/mol. The minimum Gasteiger partial charge on any atom is -0.456 e. The van der Waals surface area contributed by atoms with Crippen LogP contribution in [0.3, 0.4) is 0 Å². The second-order valence-corrected chi connectivity index (χ2v) is 6.05. The van der Waals surface area contributed by atoms with Gasteiger partial charge < -0.3 is 15.5 Å². The summed E-state index contributed by atoms with van der Waals surface area (Å²) in [7, 11) is 0. The van der Waals surface area contributed by atoms with E-state index in [1.54, 1.807) is 24.5 Å². The molecule has 0 aliphatic carbocycles. The first-order valence-corrected chi connectivity index (χ1v) is 8.69. The molecule has 132 valence electrons. The Hall–Kier alpha value is -3.79. The summed E-state index contributed by atoms with van der Waals surface area (Å²) in [4.78, 5) is 3.77. The molecule has 0 bridgehead atoms. The van der Waals surface area contributed by atoms with E-state index in [0.29, 0.717) is 0 Å². The molecule has 0 saturated carbocycles. The minimum absolute atomic E-state index is 0.759. The summed E-state index contributed by atoms with van der Waals surface area (Å²) < 4.78 is 5.89. The highest BCUT2D eigenvalue weighted by Gasteiger charge is 2.10. The monoisotopic (exact) mass is 353 g/mol. The number of anilines is 3. The van der Waals surface area contributed by atoms with Crippen LogP contribution in [0.25, 0.3) is 21.9 Å². The fourth-order valence-electron chi connectivity index (χ4n) is 2.92. The molecule has 0 aliphatic rings. The van der Waals surface area contributed by atoms with Gasteiger partial charge in [0.25, 0.3) is 0 Å². The molecule has 3 N–H and O–H groups in total. The van der Waals surface area contributed by atoms with E-state index in [9.17, 15) is 0 Å². The number of furan rings is 1. The number of nitrogen functional groups attached to an aromatic ring is 1. The SMILES string of the molecule is Nc1ccncc1.c1ccc(Nc2cccc3oc4ccccc4c23)cc1. The molecule has 3 aromatic carbocycles. The van der Waals surface area contributed by atoms with Gasteiger partial charge in [0, 0.05) is 29.2 Å². The minimum atomic E-state index is 0.759. The molecule has 2 aromatic heterocycles. The Labute approximate surface area is 157 Å². The number of rotatable bonds is 2. The van der Waals surface area contributed by atoms with E-state index in [-0.39, 0.29) is 0 Å². The number of benzene rings is 3. The van der Waals surface area contributed by atoms with Gasteiger partial charge in [0.15, 0.2) is 0 Å². The average Bonchev–Trinajstić information content (AvgIpc) is 3.09. The normalized spacial score (nSPS) is 10.4. The highest BCUT2D eigenvalue weighted by atomic mass is 16.3. The van der Waals surface area contributed by atoms with Crippen LogP contribution < -0.4 is 11.1 Å². The second-order valence-electron chi connectivity index (χ2n) is 6.05. The lowest BCUT2D eigenvalue weighted by molar-refractivity contribution is 0.669. The van der Waals surface area contributed by atoms with Crippen molar-refractivity contribution in [2.45, 2.75) is 0 Å². The summed E-state index contributed by atoms with van der Waals surface area (Å²) in [6.07, 6.45) is 3.32. The molecular weight excluding hydrogens is 334 g/mol. The van der Waals surface area contributed by atoms with Gasteiger partial charge in [-0.05, 0) is 42.5 Å². The van der Waals surface area contributed by atoms with Gasteiger partial charge in [0.05, 0.1) is 11.1 Å². The molecule has 5 aromatic rings. The Morgan fingerprint density at radius 1 is 0.704 bits per heavy atom. The van der Waals surface area contributed by atoms with E-state index in [1.165, 1.54) is 0 Å². The molecule has 4 heteroatoms. The zero-order chi connectivity index (χ0) is 18.5. The molecule has 0 fully saturated rings. The van der Waals surface area contributed by atoms with Gasteiger partial charge in [-0.2, -0.15) is 0 Å². The number of nitrogens with one attached hydrogen (secondary N) is 1. The quantitative estimate of drug-likeness (QED) is 0.409. The summed E-state index contributed by atoms with van der Waals surface area (Å²) in [5.74, 6) is 0. The Morgan fingerprint density at radius 3 is 2.15 bits per heavy atom. The Morgan fingerprint density at radius 2 is 1.41 bits per heavy atom. The first-order valence-electron chi connectivity index (χ1n) is 8.69. The number of hydrogen-bond donors (Lipinski definition) is 2. The molecule has 0 saturated heterocycles. The Bertz CT molecular complexity index is 1150. The molecule has 0 amide bonds. The Balaban J connectivity index is 0.000000218. The van der Waals surface area contributed by atoms with Crippen LogP contribution in [-0.2, 0) is 0 Å². The smallest absolute Gasteiger partial charge is 0.137 e. The highest BCUT2D eigenvalue weighted by Crippen LogP contribution is 2.35. The number of nitrogens with two attached hydrogens (primary N) is 1. The molecule has 0 atom stereocenters. The molecule has 0 unspecified atom stereocenters. The number of fused-ring (bicyclic) bond motifs is 3. The third-order valence-corrected chi connectivity index (χ3v) is 4.16. The van der Waals surface area contributed by atoms with Crippen LogP contribution in [0.4, 0.5) is 17.1 Å². The maximum Gasteiger partial charge on any atom is 0.137 e. The fraction of sp³-hybridized carbons (Fsp3) is 0. The summed E-state index contributed by atoms with van der Waals surface area (Å²) in [5, 5.41) is 5.74. The van der Waals surface area contributed by atoms with Gasteiger partial charge in [-0.15, -0.1) is 0 Å². The zero-order valence-corrected chi connectivity index (χ0v) is 14.7. The molecule has 27 heavy (non-hydrogen) atoms. The summed E-state index contributed by atoms with van der Waals surface area (Å²) in [5.41, 5.74) is 10.1. The standard InChI is InChI=1S/C18H13NO.C5H6N2/c1-2-7-13(8-3-1)19-15-10-6-12-17-18(15)14-9-4-5-11-16(14)20-17;6-5-1-3-7-4-2-5/h1-12,19H;1-4H,(H2,6,7). The van der Waals surface area contributed by atoms with Crippen molar-refractivity contribution in [3.63, 3.8) is 0 Å². The van der Waals surface area contributed by atoms with Crippen molar-refractivity contribution >= 4 is 39.0 Å². The number of para-hydroxylation sites is 2.